The number of aliphatic hydroxyl groups excluding tert-OH is 1. The molecule has 0 bridgehead atoms. The molecular weight excluding hydrogens is 142 g/mol. The molecule has 1 aromatic heterocycles. The molecule has 3 heteroatoms. The fraction of sp³-hybridized carbons (Fsp3) is 0.375. The lowest BCUT2D eigenvalue weighted by Gasteiger charge is -2.01. The van der Waals surface area contributed by atoms with Crippen molar-refractivity contribution in [3.8, 4) is 0 Å². The Kier molecular flexibility index (Phi) is 3.01. The van der Waals surface area contributed by atoms with E-state index >= 15 is 0 Å². The number of aromatic nitrogens is 1. The van der Waals surface area contributed by atoms with Crippen LogP contribution in [0.5, 0.6) is 0 Å². The fourth-order valence-electron chi connectivity index (χ4n) is 0.842. The first-order valence-corrected chi connectivity index (χ1v) is 3.54. The zero-order valence-electron chi connectivity index (χ0n) is 6.14. The first kappa shape index (κ1) is 8.17. The third-order valence-corrected chi connectivity index (χ3v) is 1.41. The third kappa shape index (κ3) is 3.11. The van der Waals surface area contributed by atoms with Gasteiger partial charge in [0.05, 0.1) is 0 Å². The molecule has 11 heavy (non-hydrogen) atoms. The highest BCUT2D eigenvalue weighted by Crippen LogP contribution is 2.01. The lowest BCUT2D eigenvalue weighted by atomic mass is 10.1. The Morgan fingerprint density at radius 1 is 1.45 bits per heavy atom. The summed E-state index contributed by atoms with van der Waals surface area (Å²) in [6.45, 7) is 0. The Morgan fingerprint density at radius 2 is 2.27 bits per heavy atom. The molecule has 0 spiro atoms. The van der Waals surface area contributed by atoms with Crippen molar-refractivity contribution in [2.24, 2.45) is 0 Å². The normalized spacial score (nSPS) is 10.5. The van der Waals surface area contributed by atoms with Crippen LogP contribution in [0.4, 0.5) is 0 Å². The molecule has 0 aliphatic carbocycles. The van der Waals surface area contributed by atoms with Gasteiger partial charge in [0.1, 0.15) is 0 Å². The SMILES string of the molecule is OC(O)CCc1cccnc1. The van der Waals surface area contributed by atoms with E-state index in [1.54, 1.807) is 12.4 Å². The summed E-state index contributed by atoms with van der Waals surface area (Å²) >= 11 is 0. The molecule has 0 aromatic carbocycles. The maximum absolute atomic E-state index is 8.55. The van der Waals surface area contributed by atoms with E-state index in [9.17, 15) is 0 Å². The molecule has 1 aromatic rings. The average molecular weight is 153 g/mol. The van der Waals surface area contributed by atoms with Crippen LogP contribution in [0.25, 0.3) is 0 Å². The number of aryl methyl sites for hydroxylation is 1. The monoisotopic (exact) mass is 153 g/mol. The molecule has 0 radical (unpaired) electrons. The Morgan fingerprint density at radius 3 is 2.82 bits per heavy atom. The second-order valence-electron chi connectivity index (χ2n) is 2.38. The molecule has 3 nitrogen and oxygen atoms in total. The van der Waals surface area contributed by atoms with Gasteiger partial charge in [0.25, 0.3) is 0 Å². The topological polar surface area (TPSA) is 53.4 Å². The summed E-state index contributed by atoms with van der Waals surface area (Å²) in [5, 5.41) is 17.1. The zero-order chi connectivity index (χ0) is 8.10. The van der Waals surface area contributed by atoms with Gasteiger partial charge in [-0.05, 0) is 18.1 Å². The van der Waals surface area contributed by atoms with Gasteiger partial charge in [-0.15, -0.1) is 0 Å². The second kappa shape index (κ2) is 4.05. The minimum absolute atomic E-state index is 0.367. The van der Waals surface area contributed by atoms with Gasteiger partial charge in [-0.2, -0.15) is 0 Å². The van der Waals surface area contributed by atoms with Crippen molar-refractivity contribution in [1.82, 2.24) is 4.98 Å². The van der Waals surface area contributed by atoms with Crippen molar-refractivity contribution in [2.75, 3.05) is 0 Å². The standard InChI is InChI=1S/C8H11NO2/c10-8(11)4-3-7-2-1-5-9-6-7/h1-2,5-6,8,10-11H,3-4H2. The lowest BCUT2D eigenvalue weighted by Crippen LogP contribution is -2.05. The van der Waals surface area contributed by atoms with Gasteiger partial charge < -0.3 is 10.2 Å². The van der Waals surface area contributed by atoms with Crippen molar-refractivity contribution in [3.63, 3.8) is 0 Å². The van der Waals surface area contributed by atoms with E-state index < -0.39 is 6.29 Å². The minimum atomic E-state index is -1.21. The van der Waals surface area contributed by atoms with Gasteiger partial charge in [-0.3, -0.25) is 4.98 Å². The van der Waals surface area contributed by atoms with Gasteiger partial charge in [-0.1, -0.05) is 6.07 Å². The van der Waals surface area contributed by atoms with E-state index in [2.05, 4.69) is 4.98 Å². The van der Waals surface area contributed by atoms with E-state index in [1.807, 2.05) is 12.1 Å². The highest BCUT2D eigenvalue weighted by molar-refractivity contribution is 5.08. The summed E-state index contributed by atoms with van der Waals surface area (Å²) in [6.07, 6.45) is 3.23. The van der Waals surface area contributed by atoms with Crippen LogP contribution in [0, 0.1) is 0 Å². The first-order valence-electron chi connectivity index (χ1n) is 3.54. The molecule has 0 aliphatic heterocycles. The number of hydrogen-bond acceptors (Lipinski definition) is 3. The molecule has 1 rings (SSSR count). The maximum atomic E-state index is 8.55. The van der Waals surface area contributed by atoms with Gasteiger partial charge in [0.2, 0.25) is 0 Å². The number of rotatable bonds is 3. The van der Waals surface area contributed by atoms with Gasteiger partial charge in [0, 0.05) is 18.8 Å². The molecule has 0 unspecified atom stereocenters. The highest BCUT2D eigenvalue weighted by Gasteiger charge is 1.97. The second-order valence-corrected chi connectivity index (χ2v) is 2.38. The van der Waals surface area contributed by atoms with Gasteiger partial charge >= 0.3 is 0 Å². The van der Waals surface area contributed by atoms with Crippen LogP contribution in [0.1, 0.15) is 12.0 Å². The summed E-state index contributed by atoms with van der Waals surface area (Å²) in [6, 6.07) is 3.74. The number of pyridine rings is 1. The smallest absolute Gasteiger partial charge is 0.151 e. The van der Waals surface area contributed by atoms with Crippen molar-refractivity contribution in [3.05, 3.63) is 30.1 Å². The predicted molar refractivity (Wildman–Crippen MR) is 40.8 cm³/mol. The Hall–Kier alpha value is -0.930. The molecule has 0 aliphatic rings. The molecule has 0 fully saturated rings. The maximum Gasteiger partial charge on any atom is 0.151 e. The summed E-state index contributed by atoms with van der Waals surface area (Å²) in [5.41, 5.74) is 1.03. The van der Waals surface area contributed by atoms with Crippen molar-refractivity contribution < 1.29 is 10.2 Å². The highest BCUT2D eigenvalue weighted by atomic mass is 16.5. The fourth-order valence-corrected chi connectivity index (χ4v) is 0.842. The van der Waals surface area contributed by atoms with E-state index in [1.165, 1.54) is 0 Å². The van der Waals surface area contributed by atoms with Crippen molar-refractivity contribution in [2.45, 2.75) is 19.1 Å². The van der Waals surface area contributed by atoms with E-state index in [0.717, 1.165) is 5.56 Å². The Labute approximate surface area is 65.3 Å². The van der Waals surface area contributed by atoms with Gasteiger partial charge in [0.15, 0.2) is 6.29 Å². The third-order valence-electron chi connectivity index (χ3n) is 1.41. The summed E-state index contributed by atoms with van der Waals surface area (Å²) in [7, 11) is 0. The quantitative estimate of drug-likeness (QED) is 0.615. The molecule has 60 valence electrons. The van der Waals surface area contributed by atoms with Crippen LogP contribution < -0.4 is 0 Å². The van der Waals surface area contributed by atoms with E-state index in [0.29, 0.717) is 12.8 Å². The Balaban J connectivity index is 2.39. The van der Waals surface area contributed by atoms with E-state index in [4.69, 9.17) is 10.2 Å². The molecular formula is C8H11NO2. The molecule has 0 atom stereocenters. The number of aliphatic hydroxyl groups is 2. The molecule has 0 amide bonds. The predicted octanol–water partition coefficient (Wildman–Crippen LogP) is 0.325. The lowest BCUT2D eigenvalue weighted by molar-refractivity contribution is -0.0447. The summed E-state index contributed by atoms with van der Waals surface area (Å²) < 4.78 is 0. The van der Waals surface area contributed by atoms with Crippen LogP contribution in [0.2, 0.25) is 0 Å². The number of nitrogens with zero attached hydrogens (tertiary/aromatic N) is 1. The zero-order valence-corrected chi connectivity index (χ0v) is 6.14. The largest absolute Gasteiger partial charge is 0.368 e. The van der Waals surface area contributed by atoms with Crippen molar-refractivity contribution >= 4 is 0 Å². The molecule has 0 saturated heterocycles. The van der Waals surface area contributed by atoms with Crippen LogP contribution >= 0.6 is 0 Å². The van der Waals surface area contributed by atoms with Gasteiger partial charge in [-0.25, -0.2) is 0 Å². The average Bonchev–Trinajstić information content (AvgIpc) is 2.03. The minimum Gasteiger partial charge on any atom is -0.368 e. The Bertz CT molecular complexity index is 199. The molecule has 0 saturated carbocycles. The first-order chi connectivity index (χ1) is 5.29. The van der Waals surface area contributed by atoms with Crippen LogP contribution in [0.3, 0.4) is 0 Å². The summed E-state index contributed by atoms with van der Waals surface area (Å²) in [5.74, 6) is 0. The molecule has 1 heterocycles. The van der Waals surface area contributed by atoms with E-state index in [-0.39, 0.29) is 0 Å². The van der Waals surface area contributed by atoms with Crippen molar-refractivity contribution in [1.29, 1.82) is 0 Å². The molecule has 2 N–H and O–H groups in total. The van der Waals surface area contributed by atoms with Crippen LogP contribution in [-0.4, -0.2) is 21.5 Å². The summed E-state index contributed by atoms with van der Waals surface area (Å²) in [4.78, 5) is 3.90. The number of hydrogen-bond donors (Lipinski definition) is 2. The van der Waals surface area contributed by atoms with Crippen LogP contribution in [-0.2, 0) is 6.42 Å². The van der Waals surface area contributed by atoms with Crippen LogP contribution in [0.15, 0.2) is 24.5 Å².